The maximum atomic E-state index is 6.58. The summed E-state index contributed by atoms with van der Waals surface area (Å²) >= 11 is 0. The van der Waals surface area contributed by atoms with Crippen LogP contribution >= 0.6 is 0 Å². The Balaban J connectivity index is 1.64. The van der Waals surface area contributed by atoms with Crippen molar-refractivity contribution in [3.8, 4) is 28.7 Å². The fourth-order valence-corrected chi connectivity index (χ4v) is 6.02. The van der Waals surface area contributed by atoms with Crippen molar-refractivity contribution in [3.05, 3.63) is 72.1 Å². The van der Waals surface area contributed by atoms with Crippen molar-refractivity contribution in [1.82, 2.24) is 19.4 Å². The molecular formula is C41H60N4O3. The standard InChI is InChI=1S/C41H60N4O3/c1-9-14-17-40-42-36-30-35(48-33-20-18-32(19-21-33)41(6,7)8)23-24-37(36)45(40)38-25-22-34(46-28-15-26-43(10-2)11-3)31-39(38)47-29-16-27-44(12-4)13-5/h18-25,30-31H,9-17,26-29H2,1-8H3. The zero-order valence-corrected chi connectivity index (χ0v) is 31.0. The van der Waals surface area contributed by atoms with Gasteiger partial charge < -0.3 is 24.0 Å². The van der Waals surface area contributed by atoms with Crippen LogP contribution in [0.25, 0.3) is 16.7 Å². The summed E-state index contributed by atoms with van der Waals surface area (Å²) < 4.78 is 21.4. The van der Waals surface area contributed by atoms with Crippen molar-refractivity contribution in [1.29, 1.82) is 0 Å². The Morgan fingerprint density at radius 2 is 1.27 bits per heavy atom. The molecule has 0 aliphatic carbocycles. The highest BCUT2D eigenvalue weighted by molar-refractivity contribution is 5.81. The number of fused-ring (bicyclic) bond motifs is 1. The highest BCUT2D eigenvalue weighted by Crippen LogP contribution is 2.35. The lowest BCUT2D eigenvalue weighted by Gasteiger charge is -2.20. The van der Waals surface area contributed by atoms with Gasteiger partial charge in [-0.3, -0.25) is 4.57 Å². The van der Waals surface area contributed by atoms with Gasteiger partial charge >= 0.3 is 0 Å². The van der Waals surface area contributed by atoms with E-state index >= 15 is 0 Å². The Hall–Kier alpha value is -3.55. The summed E-state index contributed by atoms with van der Waals surface area (Å²) in [5.41, 5.74) is 4.33. The van der Waals surface area contributed by atoms with Crippen molar-refractivity contribution < 1.29 is 14.2 Å². The van der Waals surface area contributed by atoms with Crippen LogP contribution in [-0.4, -0.2) is 71.8 Å². The van der Waals surface area contributed by atoms with Crippen LogP contribution in [0.5, 0.6) is 23.0 Å². The number of imidazole rings is 1. The van der Waals surface area contributed by atoms with Gasteiger partial charge in [-0.25, -0.2) is 4.98 Å². The Morgan fingerprint density at radius 1 is 0.667 bits per heavy atom. The van der Waals surface area contributed by atoms with Gasteiger partial charge in [0.25, 0.3) is 0 Å². The van der Waals surface area contributed by atoms with E-state index in [1.165, 1.54) is 5.56 Å². The van der Waals surface area contributed by atoms with Gasteiger partial charge in [0, 0.05) is 31.6 Å². The van der Waals surface area contributed by atoms with Crippen molar-refractivity contribution in [3.63, 3.8) is 0 Å². The maximum Gasteiger partial charge on any atom is 0.147 e. The smallest absolute Gasteiger partial charge is 0.147 e. The Kier molecular flexibility index (Phi) is 14.2. The third kappa shape index (κ3) is 10.2. The van der Waals surface area contributed by atoms with Crippen molar-refractivity contribution in [2.75, 3.05) is 52.5 Å². The Bertz CT molecular complexity index is 1530. The van der Waals surface area contributed by atoms with E-state index in [1.54, 1.807) is 0 Å². The SMILES string of the molecule is CCCCc1nc2cc(Oc3ccc(C(C)(C)C)cc3)ccc2n1-c1ccc(OCCCN(CC)CC)cc1OCCCN(CC)CC. The fourth-order valence-electron chi connectivity index (χ4n) is 6.02. The van der Waals surface area contributed by atoms with Gasteiger partial charge in [0.15, 0.2) is 0 Å². The highest BCUT2D eigenvalue weighted by Gasteiger charge is 2.19. The predicted molar refractivity (Wildman–Crippen MR) is 201 cm³/mol. The quantitative estimate of drug-likeness (QED) is 0.0883. The fraction of sp³-hybridized carbons (Fsp3) is 0.537. The van der Waals surface area contributed by atoms with Gasteiger partial charge in [-0.2, -0.15) is 0 Å². The Morgan fingerprint density at radius 3 is 1.88 bits per heavy atom. The van der Waals surface area contributed by atoms with Crippen LogP contribution in [0.2, 0.25) is 0 Å². The number of hydrogen-bond acceptors (Lipinski definition) is 6. The first kappa shape index (κ1) is 37.3. The molecule has 0 fully saturated rings. The first-order valence-corrected chi connectivity index (χ1v) is 18.3. The van der Waals surface area contributed by atoms with E-state index in [0.29, 0.717) is 13.2 Å². The molecule has 0 radical (unpaired) electrons. The molecular weight excluding hydrogens is 596 g/mol. The van der Waals surface area contributed by atoms with Crippen LogP contribution in [0.3, 0.4) is 0 Å². The lowest BCUT2D eigenvalue weighted by atomic mass is 9.87. The van der Waals surface area contributed by atoms with Gasteiger partial charge in [-0.15, -0.1) is 0 Å². The molecule has 0 bridgehead atoms. The van der Waals surface area contributed by atoms with Crippen molar-refractivity contribution in [2.24, 2.45) is 0 Å². The number of nitrogens with zero attached hydrogens (tertiary/aromatic N) is 4. The van der Waals surface area contributed by atoms with Crippen LogP contribution in [-0.2, 0) is 11.8 Å². The molecule has 48 heavy (non-hydrogen) atoms. The Labute approximate surface area is 290 Å². The summed E-state index contributed by atoms with van der Waals surface area (Å²) in [6.45, 7) is 25.3. The first-order chi connectivity index (χ1) is 23.2. The zero-order chi connectivity index (χ0) is 34.5. The molecule has 1 aromatic heterocycles. The lowest BCUT2D eigenvalue weighted by Crippen LogP contribution is -2.25. The lowest BCUT2D eigenvalue weighted by molar-refractivity contribution is 0.242. The average molecular weight is 657 g/mol. The largest absolute Gasteiger partial charge is 0.493 e. The molecule has 4 rings (SSSR count). The molecule has 1 heterocycles. The van der Waals surface area contributed by atoms with Crippen LogP contribution in [0, 0.1) is 0 Å². The van der Waals surface area contributed by atoms with E-state index in [-0.39, 0.29) is 5.41 Å². The zero-order valence-electron chi connectivity index (χ0n) is 31.0. The van der Waals surface area contributed by atoms with Crippen LogP contribution in [0.1, 0.15) is 92.5 Å². The van der Waals surface area contributed by atoms with E-state index in [4.69, 9.17) is 19.2 Å². The number of hydrogen-bond donors (Lipinski definition) is 0. The van der Waals surface area contributed by atoms with Crippen LogP contribution < -0.4 is 14.2 Å². The third-order valence-electron chi connectivity index (χ3n) is 9.13. The molecule has 0 saturated heterocycles. The minimum atomic E-state index is 0.0999. The summed E-state index contributed by atoms with van der Waals surface area (Å²) in [5.74, 6) is 4.29. The summed E-state index contributed by atoms with van der Waals surface area (Å²) in [6, 6.07) is 20.9. The number of unbranched alkanes of at least 4 members (excludes halogenated alkanes) is 1. The molecule has 0 spiro atoms. The van der Waals surface area contributed by atoms with Crippen molar-refractivity contribution >= 4 is 11.0 Å². The topological polar surface area (TPSA) is 52.0 Å². The maximum absolute atomic E-state index is 6.58. The molecule has 0 aliphatic heterocycles. The van der Waals surface area contributed by atoms with Gasteiger partial charge in [0.2, 0.25) is 0 Å². The molecule has 0 unspecified atom stereocenters. The number of rotatable bonds is 20. The second kappa shape index (κ2) is 18.3. The molecule has 7 heteroatoms. The average Bonchev–Trinajstić information content (AvgIpc) is 3.44. The molecule has 3 aromatic carbocycles. The van der Waals surface area contributed by atoms with E-state index in [0.717, 1.165) is 117 Å². The van der Waals surface area contributed by atoms with Gasteiger partial charge in [-0.1, -0.05) is 73.9 Å². The number of benzene rings is 3. The van der Waals surface area contributed by atoms with Gasteiger partial charge in [-0.05, 0) is 92.8 Å². The number of aromatic nitrogens is 2. The van der Waals surface area contributed by atoms with Gasteiger partial charge in [0.05, 0.1) is 29.9 Å². The second-order valence-electron chi connectivity index (χ2n) is 13.6. The van der Waals surface area contributed by atoms with E-state index < -0.39 is 0 Å². The molecule has 0 N–H and O–H groups in total. The van der Waals surface area contributed by atoms with Crippen LogP contribution in [0.15, 0.2) is 60.7 Å². The molecule has 0 atom stereocenters. The normalized spacial score (nSPS) is 12.0. The molecule has 7 nitrogen and oxygen atoms in total. The third-order valence-corrected chi connectivity index (χ3v) is 9.13. The monoisotopic (exact) mass is 656 g/mol. The molecule has 262 valence electrons. The molecule has 4 aromatic rings. The highest BCUT2D eigenvalue weighted by atomic mass is 16.5. The molecule has 0 aliphatic rings. The predicted octanol–water partition coefficient (Wildman–Crippen LogP) is 9.68. The van der Waals surface area contributed by atoms with Crippen molar-refractivity contribution in [2.45, 2.75) is 92.9 Å². The summed E-state index contributed by atoms with van der Waals surface area (Å²) in [5, 5.41) is 0. The second-order valence-corrected chi connectivity index (χ2v) is 13.6. The summed E-state index contributed by atoms with van der Waals surface area (Å²) in [4.78, 5) is 10.0. The minimum Gasteiger partial charge on any atom is -0.493 e. The number of aryl methyl sites for hydroxylation is 1. The molecule has 0 amide bonds. The molecule has 0 saturated carbocycles. The summed E-state index contributed by atoms with van der Waals surface area (Å²) in [7, 11) is 0. The number of ether oxygens (including phenoxy) is 3. The van der Waals surface area contributed by atoms with E-state index in [2.05, 4.69) is 112 Å². The van der Waals surface area contributed by atoms with Crippen LogP contribution in [0.4, 0.5) is 0 Å². The first-order valence-electron chi connectivity index (χ1n) is 18.3. The summed E-state index contributed by atoms with van der Waals surface area (Å²) in [6.07, 6.45) is 4.97. The van der Waals surface area contributed by atoms with E-state index in [9.17, 15) is 0 Å². The van der Waals surface area contributed by atoms with Gasteiger partial charge in [0.1, 0.15) is 28.8 Å². The van der Waals surface area contributed by atoms with E-state index in [1.807, 2.05) is 18.2 Å². The minimum absolute atomic E-state index is 0.0999.